The predicted molar refractivity (Wildman–Crippen MR) is 92.9 cm³/mol. The summed E-state index contributed by atoms with van der Waals surface area (Å²) in [5, 5.41) is -0.303. The minimum absolute atomic E-state index is 0.0570. The highest BCUT2D eigenvalue weighted by Gasteiger charge is 2.34. The molecule has 126 valence electrons. The summed E-state index contributed by atoms with van der Waals surface area (Å²) in [5.41, 5.74) is 1.69. The van der Waals surface area contributed by atoms with Gasteiger partial charge in [0.2, 0.25) is 0 Å². The second-order valence-electron chi connectivity index (χ2n) is 5.38. The molecule has 1 N–H and O–H groups in total. The fraction of sp³-hybridized carbons (Fsp3) is 0.438. The minimum atomic E-state index is -3.94. The molecule has 7 heteroatoms. The van der Waals surface area contributed by atoms with Gasteiger partial charge in [0.1, 0.15) is 5.37 Å². The summed E-state index contributed by atoms with van der Waals surface area (Å²) in [6.07, 6.45) is 0.896. The van der Waals surface area contributed by atoms with E-state index in [1.54, 1.807) is 0 Å². The lowest BCUT2D eigenvalue weighted by Crippen LogP contribution is -2.34. The van der Waals surface area contributed by atoms with Gasteiger partial charge in [-0.25, -0.2) is 0 Å². The molecule has 0 saturated carbocycles. The summed E-state index contributed by atoms with van der Waals surface area (Å²) in [7, 11) is -3.94. The number of carbonyl (C=O) groups excluding carboxylic acids is 1. The SMILES string of the molecule is CCN1C(C)=C(CCCS(=O)(=O)O)SC1C(=O)c1ccccc1. The Morgan fingerprint density at radius 3 is 2.52 bits per heavy atom. The Kier molecular flexibility index (Phi) is 5.89. The van der Waals surface area contributed by atoms with Crippen LogP contribution in [0.2, 0.25) is 0 Å². The van der Waals surface area contributed by atoms with Crippen LogP contribution in [0.4, 0.5) is 0 Å². The van der Waals surface area contributed by atoms with E-state index in [9.17, 15) is 13.2 Å². The highest BCUT2D eigenvalue weighted by atomic mass is 32.2. The number of hydrogen-bond donors (Lipinski definition) is 1. The zero-order chi connectivity index (χ0) is 17.0. The molecule has 2 rings (SSSR count). The number of allylic oxidation sites excluding steroid dienone is 2. The van der Waals surface area contributed by atoms with Crippen molar-refractivity contribution >= 4 is 27.7 Å². The van der Waals surface area contributed by atoms with Crippen molar-refractivity contribution in [2.24, 2.45) is 0 Å². The van der Waals surface area contributed by atoms with Gasteiger partial charge in [-0.15, -0.1) is 0 Å². The molecule has 1 aliphatic rings. The molecular weight excluding hydrogens is 334 g/mol. The summed E-state index contributed by atoms with van der Waals surface area (Å²) >= 11 is 1.48. The molecule has 5 nitrogen and oxygen atoms in total. The molecular formula is C16H21NO4S2. The Balaban J connectivity index is 2.09. The van der Waals surface area contributed by atoms with Crippen LogP contribution in [0.3, 0.4) is 0 Å². The van der Waals surface area contributed by atoms with Crippen LogP contribution in [0, 0.1) is 0 Å². The maximum atomic E-state index is 12.7. The second kappa shape index (κ2) is 7.51. The van der Waals surface area contributed by atoms with Gasteiger partial charge in [-0.05, 0) is 26.7 Å². The van der Waals surface area contributed by atoms with Gasteiger partial charge >= 0.3 is 0 Å². The molecule has 1 aromatic carbocycles. The maximum absolute atomic E-state index is 12.7. The fourth-order valence-electron chi connectivity index (χ4n) is 2.62. The number of nitrogens with zero attached hydrogens (tertiary/aromatic N) is 1. The summed E-state index contributed by atoms with van der Waals surface area (Å²) in [5.74, 6) is -0.199. The number of rotatable bonds is 7. The molecule has 0 bridgehead atoms. The molecule has 0 aliphatic carbocycles. The van der Waals surface area contributed by atoms with Crippen LogP contribution in [-0.2, 0) is 10.1 Å². The predicted octanol–water partition coefficient (Wildman–Crippen LogP) is 3.16. The van der Waals surface area contributed by atoms with Gasteiger partial charge in [-0.1, -0.05) is 42.1 Å². The van der Waals surface area contributed by atoms with Gasteiger partial charge < -0.3 is 4.90 Å². The van der Waals surface area contributed by atoms with Gasteiger partial charge in [0.05, 0.1) is 5.75 Å². The quantitative estimate of drug-likeness (QED) is 0.598. The van der Waals surface area contributed by atoms with E-state index < -0.39 is 10.1 Å². The lowest BCUT2D eigenvalue weighted by atomic mass is 10.1. The van der Waals surface area contributed by atoms with Crippen molar-refractivity contribution in [2.75, 3.05) is 12.3 Å². The van der Waals surface area contributed by atoms with Crippen LogP contribution in [0.25, 0.3) is 0 Å². The number of ketones is 1. The topological polar surface area (TPSA) is 74.7 Å². The third-order valence-electron chi connectivity index (χ3n) is 3.80. The molecule has 0 saturated heterocycles. The van der Waals surface area contributed by atoms with E-state index in [0.717, 1.165) is 10.6 Å². The van der Waals surface area contributed by atoms with Crippen molar-refractivity contribution < 1.29 is 17.8 Å². The van der Waals surface area contributed by atoms with E-state index >= 15 is 0 Å². The first kappa shape index (κ1) is 18.0. The third-order valence-corrected chi connectivity index (χ3v) is 6.08. The Hall–Kier alpha value is -1.31. The van der Waals surface area contributed by atoms with Crippen molar-refractivity contribution in [3.63, 3.8) is 0 Å². The Labute approximate surface area is 141 Å². The Morgan fingerprint density at radius 2 is 1.96 bits per heavy atom. The number of hydrogen-bond acceptors (Lipinski definition) is 5. The van der Waals surface area contributed by atoms with Gasteiger partial charge in [-0.2, -0.15) is 8.42 Å². The first-order valence-corrected chi connectivity index (χ1v) is 10.00. The molecule has 1 aliphatic heterocycles. The first-order chi connectivity index (χ1) is 10.8. The van der Waals surface area contributed by atoms with E-state index in [4.69, 9.17) is 4.55 Å². The van der Waals surface area contributed by atoms with Gasteiger partial charge in [0, 0.05) is 22.7 Å². The zero-order valence-corrected chi connectivity index (χ0v) is 14.9. The van der Waals surface area contributed by atoms with Crippen LogP contribution in [0.5, 0.6) is 0 Å². The number of likely N-dealkylation sites (N-methyl/N-ethyl adjacent to an activating group) is 1. The Morgan fingerprint density at radius 1 is 1.30 bits per heavy atom. The minimum Gasteiger partial charge on any atom is -0.356 e. The zero-order valence-electron chi connectivity index (χ0n) is 13.2. The summed E-state index contributed by atoms with van der Waals surface area (Å²) in [6.45, 7) is 4.66. The average Bonchev–Trinajstić information content (AvgIpc) is 2.82. The number of carbonyl (C=O) groups is 1. The highest BCUT2D eigenvalue weighted by Crippen LogP contribution is 2.41. The van der Waals surface area contributed by atoms with Crippen molar-refractivity contribution in [3.05, 3.63) is 46.5 Å². The van der Waals surface area contributed by atoms with Crippen molar-refractivity contribution in [1.82, 2.24) is 4.90 Å². The summed E-state index contributed by atoms with van der Waals surface area (Å²) in [6, 6.07) is 9.18. The van der Waals surface area contributed by atoms with Gasteiger partial charge in [-0.3, -0.25) is 9.35 Å². The molecule has 1 unspecified atom stereocenters. The average molecular weight is 355 g/mol. The standard InChI is InChI=1S/C16H21NO4S2/c1-3-17-12(2)14(10-7-11-23(19,20)21)22-16(17)15(18)13-8-5-4-6-9-13/h4-6,8-9,16H,3,7,10-11H2,1-2H3,(H,19,20,21). The van der Waals surface area contributed by atoms with E-state index in [1.165, 1.54) is 11.8 Å². The Bertz CT molecular complexity index is 698. The van der Waals surface area contributed by atoms with Crippen LogP contribution >= 0.6 is 11.8 Å². The number of thioether (sulfide) groups is 1. The van der Waals surface area contributed by atoms with E-state index in [0.29, 0.717) is 24.9 Å². The van der Waals surface area contributed by atoms with Gasteiger partial charge in [0.25, 0.3) is 10.1 Å². The fourth-order valence-corrected chi connectivity index (χ4v) is 4.62. The number of benzene rings is 1. The van der Waals surface area contributed by atoms with Crippen molar-refractivity contribution in [1.29, 1.82) is 0 Å². The monoisotopic (exact) mass is 355 g/mol. The van der Waals surface area contributed by atoms with E-state index in [-0.39, 0.29) is 16.9 Å². The number of Topliss-reactive ketones (excluding diaryl/α,β-unsaturated/α-hetero) is 1. The largest absolute Gasteiger partial charge is 0.356 e. The highest BCUT2D eigenvalue weighted by molar-refractivity contribution is 8.04. The molecule has 1 heterocycles. The van der Waals surface area contributed by atoms with E-state index in [1.807, 2.05) is 49.1 Å². The molecule has 1 aromatic rings. The van der Waals surface area contributed by atoms with Crippen LogP contribution in [0.15, 0.2) is 40.9 Å². The lowest BCUT2D eigenvalue weighted by Gasteiger charge is -2.25. The molecule has 0 amide bonds. The molecule has 23 heavy (non-hydrogen) atoms. The van der Waals surface area contributed by atoms with Crippen molar-refractivity contribution in [2.45, 2.75) is 32.1 Å². The van der Waals surface area contributed by atoms with Crippen LogP contribution in [-0.4, -0.2) is 41.3 Å². The van der Waals surface area contributed by atoms with E-state index in [2.05, 4.69) is 0 Å². The lowest BCUT2D eigenvalue weighted by molar-refractivity contribution is 0.0933. The summed E-state index contributed by atoms with van der Waals surface area (Å²) < 4.78 is 30.5. The molecule has 0 radical (unpaired) electrons. The molecule has 1 atom stereocenters. The third kappa shape index (κ3) is 4.59. The summed E-state index contributed by atoms with van der Waals surface area (Å²) in [4.78, 5) is 15.8. The molecule has 0 aromatic heterocycles. The smallest absolute Gasteiger partial charge is 0.264 e. The van der Waals surface area contributed by atoms with Gasteiger partial charge in [0.15, 0.2) is 5.78 Å². The van der Waals surface area contributed by atoms with Crippen LogP contribution in [0.1, 0.15) is 37.0 Å². The van der Waals surface area contributed by atoms with Crippen molar-refractivity contribution in [3.8, 4) is 0 Å². The second-order valence-corrected chi connectivity index (χ2v) is 8.13. The first-order valence-electron chi connectivity index (χ1n) is 7.51. The molecule has 0 fully saturated rings. The van der Waals surface area contributed by atoms with Crippen LogP contribution < -0.4 is 0 Å². The maximum Gasteiger partial charge on any atom is 0.264 e. The normalized spacial score (nSPS) is 18.6. The molecule has 0 spiro atoms.